The number of nitrogens with two attached hydrogens (primary N) is 1. The minimum absolute atomic E-state index is 0.0400. The van der Waals surface area contributed by atoms with Crippen LogP contribution in [0, 0.1) is 23.2 Å². The topological polar surface area (TPSA) is 73.4 Å². The predicted octanol–water partition coefficient (Wildman–Crippen LogP) is 4.36. The summed E-state index contributed by atoms with van der Waals surface area (Å²) >= 11 is 0. The first-order valence-corrected chi connectivity index (χ1v) is 11.9. The molecule has 0 unspecified atom stereocenters. The number of carbonyl (C=O) groups excluding carboxylic acids is 1. The summed E-state index contributed by atoms with van der Waals surface area (Å²) in [5.41, 5.74) is 5.63. The van der Waals surface area contributed by atoms with Crippen LogP contribution in [-0.2, 0) is 4.79 Å². The van der Waals surface area contributed by atoms with Crippen molar-refractivity contribution in [1.29, 1.82) is 5.41 Å². The van der Waals surface area contributed by atoms with Crippen molar-refractivity contribution < 1.29 is 4.79 Å². The van der Waals surface area contributed by atoms with Gasteiger partial charge in [-0.3, -0.25) is 15.1 Å². The summed E-state index contributed by atoms with van der Waals surface area (Å²) < 4.78 is 0. The Morgan fingerprint density at radius 2 is 1.71 bits per heavy atom. The smallest absolute Gasteiger partial charge is 0.232 e. The third-order valence-corrected chi connectivity index (χ3v) is 7.72. The fraction of sp³-hybridized carbons (Fsp3) is 0.913. The highest BCUT2D eigenvalue weighted by Crippen LogP contribution is 2.36. The SMILES string of the molecule is CN(C(=N)N)C(=O)[C@@H](CCC1CCCCC1)C[C@@H]1CCC[C@H](N2CCCC2)C1. The largest absolute Gasteiger partial charge is 0.370 e. The first-order chi connectivity index (χ1) is 13.5. The van der Waals surface area contributed by atoms with Gasteiger partial charge in [-0.25, -0.2) is 0 Å². The van der Waals surface area contributed by atoms with E-state index in [1.807, 2.05) is 0 Å². The molecule has 28 heavy (non-hydrogen) atoms. The maximum absolute atomic E-state index is 13.1. The fourth-order valence-corrected chi connectivity index (χ4v) is 5.96. The van der Waals surface area contributed by atoms with E-state index in [-0.39, 0.29) is 17.8 Å². The van der Waals surface area contributed by atoms with E-state index in [9.17, 15) is 4.79 Å². The first-order valence-electron chi connectivity index (χ1n) is 11.9. The molecule has 2 aliphatic carbocycles. The van der Waals surface area contributed by atoms with Crippen molar-refractivity contribution in [2.24, 2.45) is 23.5 Å². The molecular formula is C23H42N4O. The van der Waals surface area contributed by atoms with Gasteiger partial charge in [0.1, 0.15) is 0 Å². The Kier molecular flexibility index (Phi) is 8.19. The van der Waals surface area contributed by atoms with E-state index in [2.05, 4.69) is 4.90 Å². The Labute approximate surface area is 171 Å². The number of rotatable bonds is 7. The quantitative estimate of drug-likeness (QED) is 0.501. The van der Waals surface area contributed by atoms with Gasteiger partial charge in [-0.1, -0.05) is 44.9 Å². The van der Waals surface area contributed by atoms with E-state index in [0.717, 1.165) is 24.8 Å². The Bertz CT molecular complexity index is 511. The van der Waals surface area contributed by atoms with E-state index < -0.39 is 0 Å². The van der Waals surface area contributed by atoms with Gasteiger partial charge in [0.2, 0.25) is 5.91 Å². The third kappa shape index (κ3) is 5.95. The average molecular weight is 391 g/mol. The molecule has 5 nitrogen and oxygen atoms in total. The number of amides is 1. The van der Waals surface area contributed by atoms with Gasteiger partial charge in [-0.2, -0.15) is 0 Å². The number of hydrogen-bond donors (Lipinski definition) is 2. The molecule has 5 heteroatoms. The van der Waals surface area contributed by atoms with E-state index in [0.29, 0.717) is 5.92 Å². The van der Waals surface area contributed by atoms with Gasteiger partial charge in [-0.05, 0) is 69.9 Å². The van der Waals surface area contributed by atoms with Crippen LogP contribution in [0.3, 0.4) is 0 Å². The zero-order valence-electron chi connectivity index (χ0n) is 18.0. The molecule has 0 radical (unpaired) electrons. The number of guanidine groups is 1. The molecule has 3 atom stereocenters. The second kappa shape index (κ2) is 10.6. The Morgan fingerprint density at radius 3 is 2.39 bits per heavy atom. The second-order valence-electron chi connectivity index (χ2n) is 9.73. The minimum Gasteiger partial charge on any atom is -0.370 e. The molecule has 160 valence electrons. The van der Waals surface area contributed by atoms with Gasteiger partial charge in [0, 0.05) is 19.0 Å². The number of nitrogens with zero attached hydrogens (tertiary/aromatic N) is 2. The van der Waals surface area contributed by atoms with E-state index in [4.69, 9.17) is 11.1 Å². The lowest BCUT2D eigenvalue weighted by molar-refractivity contribution is -0.131. The molecule has 1 heterocycles. The van der Waals surface area contributed by atoms with Crippen molar-refractivity contribution in [2.75, 3.05) is 20.1 Å². The second-order valence-corrected chi connectivity index (χ2v) is 9.73. The highest BCUT2D eigenvalue weighted by Gasteiger charge is 2.32. The van der Waals surface area contributed by atoms with Gasteiger partial charge < -0.3 is 10.6 Å². The number of nitrogens with one attached hydrogen (secondary N) is 1. The highest BCUT2D eigenvalue weighted by atomic mass is 16.2. The Morgan fingerprint density at radius 1 is 1.04 bits per heavy atom. The summed E-state index contributed by atoms with van der Waals surface area (Å²) in [7, 11) is 1.67. The van der Waals surface area contributed by atoms with Crippen molar-refractivity contribution in [1.82, 2.24) is 9.80 Å². The molecule has 3 fully saturated rings. The summed E-state index contributed by atoms with van der Waals surface area (Å²) in [6.07, 6.45) is 17.8. The zero-order valence-corrected chi connectivity index (χ0v) is 18.0. The molecule has 2 saturated carbocycles. The van der Waals surface area contributed by atoms with Gasteiger partial charge in [0.15, 0.2) is 5.96 Å². The van der Waals surface area contributed by atoms with Gasteiger partial charge in [0.25, 0.3) is 0 Å². The van der Waals surface area contributed by atoms with Crippen LogP contribution in [-0.4, -0.2) is 47.8 Å². The molecule has 1 amide bonds. The monoisotopic (exact) mass is 390 g/mol. The Hall–Kier alpha value is -1.10. The molecule has 3 aliphatic rings. The van der Waals surface area contributed by atoms with Crippen LogP contribution in [0.4, 0.5) is 0 Å². The molecule has 0 aromatic carbocycles. The third-order valence-electron chi connectivity index (χ3n) is 7.72. The summed E-state index contributed by atoms with van der Waals surface area (Å²) in [5, 5.41) is 7.69. The fourth-order valence-electron chi connectivity index (χ4n) is 5.96. The molecular weight excluding hydrogens is 348 g/mol. The van der Waals surface area contributed by atoms with Crippen molar-refractivity contribution in [3.8, 4) is 0 Å². The van der Waals surface area contributed by atoms with E-state index in [1.54, 1.807) is 7.05 Å². The van der Waals surface area contributed by atoms with Gasteiger partial charge in [0.05, 0.1) is 0 Å². The summed E-state index contributed by atoms with van der Waals surface area (Å²) in [4.78, 5) is 17.1. The highest BCUT2D eigenvalue weighted by molar-refractivity contribution is 5.95. The molecule has 1 aliphatic heterocycles. The number of carbonyl (C=O) groups is 1. The maximum Gasteiger partial charge on any atom is 0.232 e. The van der Waals surface area contributed by atoms with Crippen LogP contribution in [0.15, 0.2) is 0 Å². The summed E-state index contributed by atoms with van der Waals surface area (Å²) in [6.45, 7) is 2.54. The number of hydrogen-bond acceptors (Lipinski definition) is 3. The minimum atomic E-state index is -0.119. The lowest BCUT2D eigenvalue weighted by Crippen LogP contribution is -2.43. The standard InChI is InChI=1S/C23H42N4O/c1-26(23(24)25)22(28)20(13-12-18-8-3-2-4-9-18)16-19-10-7-11-21(17-19)27-14-5-6-15-27/h18-21H,2-17H2,1H3,(H3,24,25)/t19-,20-,21-/m0/s1. The summed E-state index contributed by atoms with van der Waals surface area (Å²) in [6, 6.07) is 0.737. The lowest BCUT2D eigenvalue weighted by atomic mass is 9.77. The molecule has 3 rings (SSSR count). The molecule has 0 aromatic rings. The normalized spacial score (nSPS) is 28.2. The van der Waals surface area contributed by atoms with Crippen LogP contribution in [0.25, 0.3) is 0 Å². The lowest BCUT2D eigenvalue weighted by Gasteiger charge is -2.37. The van der Waals surface area contributed by atoms with Crippen LogP contribution < -0.4 is 5.73 Å². The molecule has 3 N–H and O–H groups in total. The van der Waals surface area contributed by atoms with Crippen molar-refractivity contribution in [2.45, 2.75) is 95.9 Å². The van der Waals surface area contributed by atoms with Crippen molar-refractivity contribution in [3.63, 3.8) is 0 Å². The van der Waals surface area contributed by atoms with Crippen molar-refractivity contribution >= 4 is 11.9 Å². The van der Waals surface area contributed by atoms with Gasteiger partial charge in [-0.15, -0.1) is 0 Å². The Balaban J connectivity index is 1.58. The first kappa shape index (κ1) is 21.6. The molecule has 0 bridgehead atoms. The van der Waals surface area contributed by atoms with Crippen LogP contribution >= 0.6 is 0 Å². The average Bonchev–Trinajstić information content (AvgIpc) is 3.26. The molecule has 0 aromatic heterocycles. The summed E-state index contributed by atoms with van der Waals surface area (Å²) in [5.74, 6) is 1.45. The zero-order chi connectivity index (χ0) is 19.9. The maximum atomic E-state index is 13.1. The van der Waals surface area contributed by atoms with E-state index in [1.165, 1.54) is 95.0 Å². The number of likely N-dealkylation sites (tertiary alicyclic amines) is 1. The van der Waals surface area contributed by atoms with Gasteiger partial charge >= 0.3 is 0 Å². The molecule has 1 saturated heterocycles. The van der Waals surface area contributed by atoms with Crippen molar-refractivity contribution in [3.05, 3.63) is 0 Å². The van der Waals surface area contributed by atoms with Crippen LogP contribution in [0.1, 0.15) is 89.9 Å². The van der Waals surface area contributed by atoms with Crippen LogP contribution in [0.2, 0.25) is 0 Å². The van der Waals surface area contributed by atoms with E-state index >= 15 is 0 Å². The predicted molar refractivity (Wildman–Crippen MR) is 115 cm³/mol. The van der Waals surface area contributed by atoms with Crippen LogP contribution in [0.5, 0.6) is 0 Å². The molecule has 0 spiro atoms.